The van der Waals surface area contributed by atoms with Gasteiger partial charge in [-0.05, 0) is 26.0 Å². The van der Waals surface area contributed by atoms with Gasteiger partial charge < -0.3 is 9.47 Å². The second kappa shape index (κ2) is 8.11. The number of aryl methyl sites for hydroxylation is 1. The van der Waals surface area contributed by atoms with Crippen molar-refractivity contribution in [1.82, 2.24) is 0 Å². The highest BCUT2D eigenvalue weighted by Gasteiger charge is 2.18. The number of carbonyl (C=O) groups is 2. The van der Waals surface area contributed by atoms with Crippen LogP contribution in [0, 0.1) is 6.92 Å². The lowest BCUT2D eigenvalue weighted by atomic mass is 10.1. The van der Waals surface area contributed by atoms with Crippen molar-refractivity contribution in [3.05, 3.63) is 71.3 Å². The van der Waals surface area contributed by atoms with Crippen molar-refractivity contribution >= 4 is 17.8 Å². The molecule has 0 bridgehead atoms. The molecule has 0 heterocycles. The first-order chi connectivity index (χ1) is 11.5. The van der Waals surface area contributed by atoms with E-state index in [1.54, 1.807) is 38.3 Å². The van der Waals surface area contributed by atoms with Crippen LogP contribution < -0.4 is 4.74 Å². The van der Waals surface area contributed by atoms with Gasteiger partial charge in [-0.1, -0.05) is 48.0 Å². The van der Waals surface area contributed by atoms with Gasteiger partial charge in [0.15, 0.2) is 6.10 Å². The summed E-state index contributed by atoms with van der Waals surface area (Å²) in [5, 5.41) is 0. The number of Topliss-reactive ketones (excluding diaryl/α,β-unsaturated/α-hetero) is 1. The van der Waals surface area contributed by atoms with Crippen LogP contribution in [-0.2, 0) is 9.53 Å². The molecule has 4 nitrogen and oxygen atoms in total. The maximum atomic E-state index is 12.2. The summed E-state index contributed by atoms with van der Waals surface area (Å²) in [7, 11) is 1.56. The van der Waals surface area contributed by atoms with Crippen LogP contribution in [0.3, 0.4) is 0 Å². The molecule has 0 radical (unpaired) electrons. The first kappa shape index (κ1) is 17.5. The van der Waals surface area contributed by atoms with Gasteiger partial charge in [0.2, 0.25) is 5.78 Å². The molecule has 24 heavy (non-hydrogen) atoms. The molecular formula is C20H20O4. The van der Waals surface area contributed by atoms with E-state index in [0.29, 0.717) is 11.3 Å². The SMILES string of the molecule is COc1ccccc1/C=C/C(=O)O[C@H](C)C(=O)c1ccc(C)cc1. The van der Waals surface area contributed by atoms with Crippen molar-refractivity contribution in [3.63, 3.8) is 0 Å². The molecule has 0 aliphatic rings. The molecule has 0 spiro atoms. The summed E-state index contributed by atoms with van der Waals surface area (Å²) in [6.45, 7) is 3.51. The lowest BCUT2D eigenvalue weighted by Crippen LogP contribution is -2.23. The lowest BCUT2D eigenvalue weighted by molar-refractivity contribution is -0.140. The zero-order valence-corrected chi connectivity index (χ0v) is 14.0. The Bertz CT molecular complexity index is 744. The number of esters is 1. The minimum absolute atomic E-state index is 0.228. The zero-order chi connectivity index (χ0) is 17.5. The number of rotatable bonds is 6. The molecule has 0 N–H and O–H groups in total. The molecule has 2 aromatic carbocycles. The van der Waals surface area contributed by atoms with E-state index in [2.05, 4.69) is 0 Å². The quantitative estimate of drug-likeness (QED) is 0.460. The van der Waals surface area contributed by atoms with E-state index in [-0.39, 0.29) is 5.78 Å². The summed E-state index contributed by atoms with van der Waals surface area (Å²) in [4.78, 5) is 24.2. The van der Waals surface area contributed by atoms with Crippen molar-refractivity contribution in [2.24, 2.45) is 0 Å². The molecule has 0 unspecified atom stereocenters. The molecule has 0 aliphatic carbocycles. The molecular weight excluding hydrogens is 304 g/mol. The van der Waals surface area contributed by atoms with Crippen LogP contribution in [0.15, 0.2) is 54.6 Å². The Morgan fingerprint density at radius 1 is 1.04 bits per heavy atom. The summed E-state index contributed by atoms with van der Waals surface area (Å²) in [6.07, 6.45) is 2.05. The number of para-hydroxylation sites is 1. The van der Waals surface area contributed by atoms with Crippen molar-refractivity contribution in [2.75, 3.05) is 7.11 Å². The second-order valence-corrected chi connectivity index (χ2v) is 5.38. The van der Waals surface area contributed by atoms with E-state index in [1.165, 1.54) is 6.08 Å². The summed E-state index contributed by atoms with van der Waals surface area (Å²) >= 11 is 0. The number of benzene rings is 2. The van der Waals surface area contributed by atoms with E-state index in [9.17, 15) is 9.59 Å². The first-order valence-electron chi connectivity index (χ1n) is 7.64. The largest absolute Gasteiger partial charge is 0.496 e. The average molecular weight is 324 g/mol. The molecule has 0 fully saturated rings. The molecule has 1 atom stereocenters. The Hall–Kier alpha value is -2.88. The zero-order valence-electron chi connectivity index (χ0n) is 14.0. The Kier molecular flexibility index (Phi) is 5.90. The molecule has 0 amide bonds. The van der Waals surface area contributed by atoms with Crippen molar-refractivity contribution in [1.29, 1.82) is 0 Å². The number of ketones is 1. The fraction of sp³-hybridized carbons (Fsp3) is 0.200. The second-order valence-electron chi connectivity index (χ2n) is 5.38. The predicted molar refractivity (Wildman–Crippen MR) is 93.1 cm³/mol. The van der Waals surface area contributed by atoms with Crippen LogP contribution in [-0.4, -0.2) is 25.0 Å². The third-order valence-electron chi connectivity index (χ3n) is 3.54. The Balaban J connectivity index is 1.99. The highest BCUT2D eigenvalue weighted by atomic mass is 16.5. The number of hydrogen-bond acceptors (Lipinski definition) is 4. The van der Waals surface area contributed by atoms with Crippen molar-refractivity contribution in [3.8, 4) is 5.75 Å². The van der Waals surface area contributed by atoms with Gasteiger partial charge in [-0.15, -0.1) is 0 Å². The number of carbonyl (C=O) groups excluding carboxylic acids is 2. The van der Waals surface area contributed by atoms with Gasteiger partial charge in [-0.2, -0.15) is 0 Å². The summed E-state index contributed by atoms with van der Waals surface area (Å²) in [5.74, 6) is -0.145. The average Bonchev–Trinajstić information content (AvgIpc) is 2.60. The monoisotopic (exact) mass is 324 g/mol. The summed E-state index contributed by atoms with van der Waals surface area (Å²) in [5.41, 5.74) is 2.35. The number of hydrogen-bond donors (Lipinski definition) is 0. The molecule has 0 saturated heterocycles. The van der Waals surface area contributed by atoms with Crippen molar-refractivity contribution in [2.45, 2.75) is 20.0 Å². The van der Waals surface area contributed by atoms with Crippen LogP contribution in [0.4, 0.5) is 0 Å². The van der Waals surface area contributed by atoms with Gasteiger partial charge >= 0.3 is 5.97 Å². The maximum Gasteiger partial charge on any atom is 0.331 e. The van der Waals surface area contributed by atoms with Crippen LogP contribution in [0.1, 0.15) is 28.4 Å². The van der Waals surface area contributed by atoms with Gasteiger partial charge in [-0.25, -0.2) is 4.79 Å². The van der Waals surface area contributed by atoms with Crippen LogP contribution in [0.2, 0.25) is 0 Å². The predicted octanol–water partition coefficient (Wildman–Crippen LogP) is 3.83. The first-order valence-corrected chi connectivity index (χ1v) is 7.64. The summed E-state index contributed by atoms with van der Waals surface area (Å²) in [6, 6.07) is 14.5. The van der Waals surface area contributed by atoms with Crippen molar-refractivity contribution < 1.29 is 19.1 Å². The molecule has 0 aliphatic heterocycles. The maximum absolute atomic E-state index is 12.2. The van der Waals surface area contributed by atoms with E-state index in [1.807, 2.05) is 37.3 Å². The van der Waals surface area contributed by atoms with E-state index in [4.69, 9.17) is 9.47 Å². The lowest BCUT2D eigenvalue weighted by Gasteiger charge is -2.11. The number of methoxy groups -OCH3 is 1. The fourth-order valence-corrected chi connectivity index (χ4v) is 2.18. The Morgan fingerprint density at radius 3 is 2.38 bits per heavy atom. The number of ether oxygens (including phenoxy) is 2. The third-order valence-corrected chi connectivity index (χ3v) is 3.54. The Morgan fingerprint density at radius 2 is 1.71 bits per heavy atom. The van der Waals surface area contributed by atoms with Crippen LogP contribution in [0.5, 0.6) is 5.75 Å². The normalized spacial score (nSPS) is 12.0. The molecule has 2 rings (SSSR count). The van der Waals surface area contributed by atoms with E-state index >= 15 is 0 Å². The van der Waals surface area contributed by atoms with Gasteiger partial charge in [0.1, 0.15) is 5.75 Å². The van der Waals surface area contributed by atoms with Crippen LogP contribution in [0.25, 0.3) is 6.08 Å². The van der Waals surface area contributed by atoms with Gasteiger partial charge in [0.05, 0.1) is 7.11 Å². The fourth-order valence-electron chi connectivity index (χ4n) is 2.18. The standard InChI is InChI=1S/C20H20O4/c1-14-8-10-17(11-9-14)20(22)15(2)24-19(21)13-12-16-6-4-5-7-18(16)23-3/h4-13,15H,1-3H3/b13-12+/t15-/m1/s1. The smallest absolute Gasteiger partial charge is 0.331 e. The van der Waals surface area contributed by atoms with E-state index in [0.717, 1.165) is 11.1 Å². The summed E-state index contributed by atoms with van der Waals surface area (Å²) < 4.78 is 10.4. The minimum atomic E-state index is -0.845. The van der Waals surface area contributed by atoms with E-state index < -0.39 is 12.1 Å². The third kappa shape index (κ3) is 4.56. The highest BCUT2D eigenvalue weighted by molar-refractivity contribution is 6.01. The van der Waals surface area contributed by atoms with Gasteiger partial charge in [0, 0.05) is 17.2 Å². The molecule has 124 valence electrons. The van der Waals surface area contributed by atoms with Crippen LogP contribution >= 0.6 is 0 Å². The molecule has 0 aromatic heterocycles. The molecule has 2 aromatic rings. The highest BCUT2D eigenvalue weighted by Crippen LogP contribution is 2.18. The molecule has 0 saturated carbocycles. The Labute approximate surface area is 141 Å². The van der Waals surface area contributed by atoms with Gasteiger partial charge in [-0.3, -0.25) is 4.79 Å². The topological polar surface area (TPSA) is 52.6 Å². The molecule has 4 heteroatoms. The van der Waals surface area contributed by atoms with Gasteiger partial charge in [0.25, 0.3) is 0 Å². The minimum Gasteiger partial charge on any atom is -0.496 e.